The van der Waals surface area contributed by atoms with Gasteiger partial charge >= 0.3 is 0 Å². The molecule has 1 heterocycles. The average molecular weight is 242 g/mol. The van der Waals surface area contributed by atoms with Crippen LogP contribution >= 0.6 is 0 Å². The molecule has 1 rings (SSSR count). The molecule has 0 radical (unpaired) electrons. The summed E-state index contributed by atoms with van der Waals surface area (Å²) in [7, 11) is 0. The predicted octanol–water partition coefficient (Wildman–Crippen LogP) is 2.25. The van der Waals surface area contributed by atoms with Crippen molar-refractivity contribution in [3.8, 4) is 0 Å². The first-order valence-electron chi connectivity index (χ1n) is 7.28. The maximum Gasteiger partial charge on any atom is 0.0702 e. The molecule has 3 heteroatoms. The van der Waals surface area contributed by atoms with Gasteiger partial charge in [0, 0.05) is 25.7 Å². The molecule has 1 aliphatic rings. The van der Waals surface area contributed by atoms with Crippen molar-refractivity contribution >= 4 is 0 Å². The van der Waals surface area contributed by atoms with E-state index in [9.17, 15) is 0 Å². The second-order valence-corrected chi connectivity index (χ2v) is 5.29. The Labute approximate surface area is 107 Å². The summed E-state index contributed by atoms with van der Waals surface area (Å²) >= 11 is 0. The van der Waals surface area contributed by atoms with Crippen molar-refractivity contribution in [1.82, 2.24) is 4.90 Å². The third kappa shape index (κ3) is 4.57. The van der Waals surface area contributed by atoms with E-state index in [-0.39, 0.29) is 0 Å². The van der Waals surface area contributed by atoms with Crippen molar-refractivity contribution in [2.45, 2.75) is 58.6 Å². The standard InChI is InChI=1S/C14H30N2O/c1-4-7-12(3)14(10-15)16(5-2)11-13-8-6-9-17-13/h12-14H,4-11,15H2,1-3H3. The molecular formula is C14H30N2O. The van der Waals surface area contributed by atoms with Gasteiger partial charge in [-0.3, -0.25) is 4.90 Å². The van der Waals surface area contributed by atoms with E-state index in [0.717, 1.165) is 26.2 Å². The smallest absolute Gasteiger partial charge is 0.0702 e. The highest BCUT2D eigenvalue weighted by atomic mass is 16.5. The van der Waals surface area contributed by atoms with Crippen LogP contribution in [0.3, 0.4) is 0 Å². The van der Waals surface area contributed by atoms with Gasteiger partial charge in [0.1, 0.15) is 0 Å². The highest BCUT2D eigenvalue weighted by Gasteiger charge is 2.25. The van der Waals surface area contributed by atoms with E-state index in [1.165, 1.54) is 25.7 Å². The van der Waals surface area contributed by atoms with E-state index in [1.807, 2.05) is 0 Å². The molecule has 1 aliphatic heterocycles. The van der Waals surface area contributed by atoms with Crippen molar-refractivity contribution in [3.05, 3.63) is 0 Å². The van der Waals surface area contributed by atoms with Crippen LogP contribution in [0.5, 0.6) is 0 Å². The number of rotatable bonds is 8. The fraction of sp³-hybridized carbons (Fsp3) is 1.00. The third-order valence-corrected chi connectivity index (χ3v) is 3.98. The summed E-state index contributed by atoms with van der Waals surface area (Å²) in [5, 5.41) is 0. The van der Waals surface area contributed by atoms with Gasteiger partial charge in [0.15, 0.2) is 0 Å². The molecule has 3 unspecified atom stereocenters. The minimum absolute atomic E-state index is 0.442. The average Bonchev–Trinajstić information content (AvgIpc) is 2.81. The first-order chi connectivity index (χ1) is 8.22. The number of ether oxygens (including phenoxy) is 1. The van der Waals surface area contributed by atoms with Crippen LogP contribution < -0.4 is 5.73 Å². The van der Waals surface area contributed by atoms with Crippen LogP contribution in [0.1, 0.15) is 46.5 Å². The topological polar surface area (TPSA) is 38.5 Å². The van der Waals surface area contributed by atoms with E-state index in [1.54, 1.807) is 0 Å². The first-order valence-corrected chi connectivity index (χ1v) is 7.28. The molecule has 0 bridgehead atoms. The summed E-state index contributed by atoms with van der Waals surface area (Å²) in [6, 6.07) is 0.518. The Morgan fingerprint density at radius 3 is 2.65 bits per heavy atom. The summed E-state index contributed by atoms with van der Waals surface area (Å²) in [5.41, 5.74) is 5.97. The Balaban J connectivity index is 2.48. The molecule has 102 valence electrons. The van der Waals surface area contributed by atoms with E-state index < -0.39 is 0 Å². The zero-order valence-corrected chi connectivity index (χ0v) is 11.8. The van der Waals surface area contributed by atoms with Crippen molar-refractivity contribution in [2.24, 2.45) is 11.7 Å². The lowest BCUT2D eigenvalue weighted by Crippen LogP contribution is -2.47. The Hall–Kier alpha value is -0.120. The minimum Gasteiger partial charge on any atom is -0.377 e. The molecular weight excluding hydrogens is 212 g/mol. The highest BCUT2D eigenvalue weighted by molar-refractivity contribution is 4.80. The van der Waals surface area contributed by atoms with Gasteiger partial charge in [0.05, 0.1) is 6.10 Å². The molecule has 1 fully saturated rings. The van der Waals surface area contributed by atoms with Crippen LogP contribution in [0.2, 0.25) is 0 Å². The van der Waals surface area contributed by atoms with Crippen molar-refractivity contribution < 1.29 is 4.74 Å². The van der Waals surface area contributed by atoms with Gasteiger partial charge in [-0.25, -0.2) is 0 Å². The fourth-order valence-corrected chi connectivity index (χ4v) is 2.94. The van der Waals surface area contributed by atoms with Gasteiger partial charge in [-0.05, 0) is 31.7 Å². The van der Waals surface area contributed by atoms with Gasteiger partial charge < -0.3 is 10.5 Å². The van der Waals surface area contributed by atoms with E-state index in [2.05, 4.69) is 25.7 Å². The number of likely N-dealkylation sites (N-methyl/N-ethyl adjacent to an activating group) is 1. The Morgan fingerprint density at radius 2 is 2.18 bits per heavy atom. The summed E-state index contributed by atoms with van der Waals surface area (Å²) in [6.45, 7) is 10.7. The summed E-state index contributed by atoms with van der Waals surface area (Å²) in [4.78, 5) is 2.52. The van der Waals surface area contributed by atoms with Gasteiger partial charge in [0.25, 0.3) is 0 Å². The Morgan fingerprint density at radius 1 is 1.41 bits per heavy atom. The zero-order chi connectivity index (χ0) is 12.7. The predicted molar refractivity (Wildman–Crippen MR) is 73.1 cm³/mol. The summed E-state index contributed by atoms with van der Waals surface area (Å²) in [5.74, 6) is 0.686. The first kappa shape index (κ1) is 14.9. The lowest BCUT2D eigenvalue weighted by molar-refractivity contribution is 0.0485. The largest absolute Gasteiger partial charge is 0.377 e. The lowest BCUT2D eigenvalue weighted by Gasteiger charge is -2.35. The second kappa shape index (κ2) is 8.06. The number of hydrogen-bond acceptors (Lipinski definition) is 3. The van der Waals surface area contributed by atoms with Gasteiger partial charge in [0.2, 0.25) is 0 Å². The molecule has 0 saturated carbocycles. The third-order valence-electron chi connectivity index (χ3n) is 3.98. The van der Waals surface area contributed by atoms with Gasteiger partial charge in [-0.15, -0.1) is 0 Å². The summed E-state index contributed by atoms with van der Waals surface area (Å²) in [6.07, 6.45) is 5.40. The zero-order valence-electron chi connectivity index (χ0n) is 11.8. The monoisotopic (exact) mass is 242 g/mol. The molecule has 1 saturated heterocycles. The molecule has 2 N–H and O–H groups in total. The molecule has 0 amide bonds. The van der Waals surface area contributed by atoms with E-state index in [4.69, 9.17) is 10.5 Å². The SMILES string of the molecule is CCCC(C)C(CN)N(CC)CC1CCCO1. The van der Waals surface area contributed by atoms with Crippen LogP contribution in [-0.4, -0.2) is 43.3 Å². The van der Waals surface area contributed by atoms with E-state index in [0.29, 0.717) is 18.1 Å². The molecule has 0 aromatic rings. The normalized spacial score (nSPS) is 24.2. The number of hydrogen-bond donors (Lipinski definition) is 1. The minimum atomic E-state index is 0.442. The quantitative estimate of drug-likeness (QED) is 0.709. The van der Waals surface area contributed by atoms with Crippen LogP contribution in [0.15, 0.2) is 0 Å². The van der Waals surface area contributed by atoms with Crippen LogP contribution in [-0.2, 0) is 4.74 Å². The van der Waals surface area contributed by atoms with Crippen LogP contribution in [0.25, 0.3) is 0 Å². The Kier molecular flexibility index (Phi) is 7.09. The fourth-order valence-electron chi connectivity index (χ4n) is 2.94. The summed E-state index contributed by atoms with van der Waals surface area (Å²) < 4.78 is 5.74. The van der Waals surface area contributed by atoms with Crippen LogP contribution in [0.4, 0.5) is 0 Å². The second-order valence-electron chi connectivity index (χ2n) is 5.29. The molecule has 17 heavy (non-hydrogen) atoms. The maximum atomic E-state index is 5.97. The molecule has 0 spiro atoms. The van der Waals surface area contributed by atoms with E-state index >= 15 is 0 Å². The molecule has 0 aliphatic carbocycles. The number of nitrogens with zero attached hydrogens (tertiary/aromatic N) is 1. The maximum absolute atomic E-state index is 5.97. The number of nitrogens with two attached hydrogens (primary N) is 1. The molecule has 0 aromatic heterocycles. The molecule has 0 aromatic carbocycles. The van der Waals surface area contributed by atoms with Gasteiger partial charge in [-0.2, -0.15) is 0 Å². The van der Waals surface area contributed by atoms with Crippen LogP contribution in [0, 0.1) is 5.92 Å². The van der Waals surface area contributed by atoms with Crippen molar-refractivity contribution in [3.63, 3.8) is 0 Å². The highest BCUT2D eigenvalue weighted by Crippen LogP contribution is 2.19. The Bertz CT molecular complexity index is 193. The molecule has 3 atom stereocenters. The lowest BCUT2D eigenvalue weighted by atomic mass is 9.95. The van der Waals surface area contributed by atoms with Crippen molar-refractivity contribution in [2.75, 3.05) is 26.2 Å². The van der Waals surface area contributed by atoms with Crippen molar-refractivity contribution in [1.29, 1.82) is 0 Å². The molecule has 3 nitrogen and oxygen atoms in total. The van der Waals surface area contributed by atoms with Gasteiger partial charge in [-0.1, -0.05) is 27.2 Å².